The van der Waals surface area contributed by atoms with Crippen LogP contribution >= 0.6 is 0 Å². The third-order valence-electron chi connectivity index (χ3n) is 4.78. The van der Waals surface area contributed by atoms with Gasteiger partial charge in [0.05, 0.1) is 21.7 Å². The Hall–Kier alpha value is -4.02. The molecule has 0 aliphatic rings. The molecular weight excluding hydrogens is 434 g/mol. The smallest absolute Gasteiger partial charge is 0.294 e. The number of carbonyl (C=O) groups excluding carboxylic acids is 1. The van der Waals surface area contributed by atoms with Gasteiger partial charge in [0.25, 0.3) is 10.1 Å². The second-order valence-electron chi connectivity index (χ2n) is 7.01. The molecule has 4 N–H and O–H groups in total. The van der Waals surface area contributed by atoms with E-state index in [2.05, 4.69) is 15.5 Å². The van der Waals surface area contributed by atoms with Crippen molar-refractivity contribution in [2.45, 2.75) is 11.8 Å². The van der Waals surface area contributed by atoms with Gasteiger partial charge in [-0.1, -0.05) is 24.3 Å². The highest BCUT2D eigenvalue weighted by atomic mass is 32.2. The van der Waals surface area contributed by atoms with Crippen LogP contribution in [0.15, 0.2) is 75.8 Å². The molecule has 0 bridgehead atoms. The van der Waals surface area contributed by atoms with E-state index in [9.17, 15) is 28.0 Å². The molecule has 0 saturated heterocycles. The summed E-state index contributed by atoms with van der Waals surface area (Å²) in [6.45, 7) is 1.38. The molecule has 0 heterocycles. The number of nitrogens with one attached hydrogen (secondary N) is 1. The van der Waals surface area contributed by atoms with Crippen molar-refractivity contribution in [2.75, 3.05) is 5.32 Å². The average molecular weight is 451 g/mol. The summed E-state index contributed by atoms with van der Waals surface area (Å²) in [6.07, 6.45) is 0. The summed E-state index contributed by atoms with van der Waals surface area (Å²) in [5, 5.41) is 33.1. The van der Waals surface area contributed by atoms with Gasteiger partial charge in [0.15, 0.2) is 0 Å². The van der Waals surface area contributed by atoms with Crippen LogP contribution in [0.2, 0.25) is 0 Å². The zero-order chi connectivity index (χ0) is 23.0. The summed E-state index contributed by atoms with van der Waals surface area (Å²) in [5.41, 5.74) is 0.873. The lowest BCUT2D eigenvalue weighted by atomic mass is 9.99. The van der Waals surface area contributed by atoms with Gasteiger partial charge in [0, 0.05) is 28.8 Å². The van der Waals surface area contributed by atoms with Gasteiger partial charge in [-0.3, -0.25) is 9.35 Å². The lowest BCUT2D eigenvalue weighted by molar-refractivity contribution is -0.114. The lowest BCUT2D eigenvalue weighted by Gasteiger charge is -2.12. The topological polar surface area (TPSA) is 149 Å². The minimum absolute atomic E-state index is 0.00807. The van der Waals surface area contributed by atoms with E-state index < -0.39 is 15.0 Å². The highest BCUT2D eigenvalue weighted by Gasteiger charge is 2.20. The number of phenols is 2. The van der Waals surface area contributed by atoms with E-state index in [-0.39, 0.29) is 33.9 Å². The average Bonchev–Trinajstić information content (AvgIpc) is 2.75. The molecule has 4 rings (SSSR count). The van der Waals surface area contributed by atoms with E-state index in [1.807, 2.05) is 0 Å². The maximum atomic E-state index is 11.8. The largest absolute Gasteiger partial charge is 0.507 e. The summed E-state index contributed by atoms with van der Waals surface area (Å²) >= 11 is 0. The molecule has 162 valence electrons. The van der Waals surface area contributed by atoms with Crippen LogP contribution in [-0.2, 0) is 14.9 Å². The number of anilines is 1. The van der Waals surface area contributed by atoms with Crippen molar-refractivity contribution in [3.8, 4) is 11.5 Å². The Bertz CT molecular complexity index is 1510. The van der Waals surface area contributed by atoms with E-state index in [1.54, 1.807) is 48.5 Å². The van der Waals surface area contributed by atoms with Crippen LogP contribution in [0.1, 0.15) is 6.92 Å². The van der Waals surface area contributed by atoms with Gasteiger partial charge in [0.2, 0.25) is 5.91 Å². The Kier molecular flexibility index (Phi) is 5.25. The number of azo groups is 1. The van der Waals surface area contributed by atoms with Gasteiger partial charge in [-0.25, -0.2) is 0 Å². The summed E-state index contributed by atoms with van der Waals surface area (Å²) in [4.78, 5) is 10.6. The van der Waals surface area contributed by atoms with Gasteiger partial charge in [-0.05, 0) is 36.4 Å². The second-order valence-corrected chi connectivity index (χ2v) is 8.43. The number of carbonyl (C=O) groups is 1. The van der Waals surface area contributed by atoms with Crippen molar-refractivity contribution in [1.29, 1.82) is 0 Å². The number of phenolic OH excluding ortho intramolecular Hbond substituents is 2. The third-order valence-corrected chi connectivity index (χ3v) is 5.61. The van der Waals surface area contributed by atoms with Gasteiger partial charge in [-0.15, -0.1) is 5.11 Å². The van der Waals surface area contributed by atoms with Crippen LogP contribution in [0.25, 0.3) is 21.5 Å². The molecule has 0 spiro atoms. The van der Waals surface area contributed by atoms with E-state index in [4.69, 9.17) is 0 Å². The highest BCUT2D eigenvalue weighted by Crippen LogP contribution is 2.46. The van der Waals surface area contributed by atoms with Crippen LogP contribution in [0.3, 0.4) is 0 Å². The first-order valence-corrected chi connectivity index (χ1v) is 10.8. The van der Waals surface area contributed by atoms with Crippen molar-refractivity contribution in [3.63, 3.8) is 0 Å². The fourth-order valence-corrected chi connectivity index (χ4v) is 3.89. The Labute approximate surface area is 182 Å². The quantitative estimate of drug-likeness (QED) is 0.148. The number of hydrogen-bond acceptors (Lipinski definition) is 7. The number of amides is 1. The van der Waals surface area contributed by atoms with Crippen molar-refractivity contribution in [1.82, 2.24) is 0 Å². The zero-order valence-corrected chi connectivity index (χ0v) is 17.5. The normalized spacial score (nSPS) is 11.9. The SMILES string of the molecule is CC(=O)Nc1ccc(N=Nc2cc(S(=O)(=O)O)cc3c(O)c4ccccc4c(O)c23)cc1. The maximum absolute atomic E-state index is 11.8. The van der Waals surface area contributed by atoms with Crippen LogP contribution < -0.4 is 5.32 Å². The predicted octanol–water partition coefficient (Wildman–Crippen LogP) is 5.02. The van der Waals surface area contributed by atoms with Crippen molar-refractivity contribution in [2.24, 2.45) is 10.2 Å². The first-order valence-electron chi connectivity index (χ1n) is 9.32. The lowest BCUT2D eigenvalue weighted by Crippen LogP contribution is -2.04. The summed E-state index contributed by atoms with van der Waals surface area (Å²) in [7, 11) is -4.63. The molecule has 0 saturated carbocycles. The molecule has 1 amide bonds. The van der Waals surface area contributed by atoms with Gasteiger partial charge < -0.3 is 15.5 Å². The minimum atomic E-state index is -4.63. The molecular formula is C22H17N3O6S. The molecule has 10 heteroatoms. The molecule has 4 aromatic carbocycles. The molecule has 0 fully saturated rings. The first-order chi connectivity index (χ1) is 15.1. The Balaban J connectivity index is 1.93. The van der Waals surface area contributed by atoms with Crippen molar-refractivity contribution < 1.29 is 28.0 Å². The van der Waals surface area contributed by atoms with Crippen LogP contribution in [0.5, 0.6) is 11.5 Å². The molecule has 4 aromatic rings. The molecule has 0 aliphatic carbocycles. The predicted molar refractivity (Wildman–Crippen MR) is 120 cm³/mol. The monoisotopic (exact) mass is 451 g/mol. The number of rotatable bonds is 4. The maximum Gasteiger partial charge on any atom is 0.294 e. The Morgan fingerprint density at radius 3 is 2.09 bits per heavy atom. The summed E-state index contributed by atoms with van der Waals surface area (Å²) in [6, 6.07) is 15.0. The molecule has 0 atom stereocenters. The number of benzene rings is 4. The number of fused-ring (bicyclic) bond motifs is 2. The second kappa shape index (κ2) is 7.91. The van der Waals surface area contributed by atoms with E-state index >= 15 is 0 Å². The molecule has 32 heavy (non-hydrogen) atoms. The molecule has 0 aromatic heterocycles. The van der Waals surface area contributed by atoms with Crippen molar-refractivity contribution >= 4 is 54.6 Å². The van der Waals surface area contributed by atoms with Crippen LogP contribution in [0.4, 0.5) is 17.1 Å². The van der Waals surface area contributed by atoms with Crippen LogP contribution in [0, 0.1) is 0 Å². The summed E-state index contributed by atoms with van der Waals surface area (Å²) < 4.78 is 33.1. The van der Waals surface area contributed by atoms with E-state index in [0.717, 1.165) is 12.1 Å². The van der Waals surface area contributed by atoms with Crippen molar-refractivity contribution in [3.05, 3.63) is 60.7 Å². The number of nitrogens with zero attached hydrogens (tertiary/aromatic N) is 2. The zero-order valence-electron chi connectivity index (χ0n) is 16.6. The van der Waals surface area contributed by atoms with Gasteiger partial charge in [-0.2, -0.15) is 13.5 Å². The molecule has 0 aliphatic heterocycles. The van der Waals surface area contributed by atoms with Crippen LogP contribution in [-0.4, -0.2) is 29.1 Å². The first kappa shape index (κ1) is 21.2. The van der Waals surface area contributed by atoms with E-state index in [1.165, 1.54) is 6.92 Å². The standard InChI is InChI=1S/C22H17N3O6S/c1-12(26)23-13-6-8-14(9-7-13)24-25-19-11-15(32(29,30)31)10-18-20(19)22(28)17-5-3-2-4-16(17)21(18)27/h2-11,27-28H,1H3,(H,23,26)(H,29,30,31). The number of hydrogen-bond donors (Lipinski definition) is 4. The van der Waals surface area contributed by atoms with E-state index in [0.29, 0.717) is 22.1 Å². The fraction of sp³-hybridized carbons (Fsp3) is 0.0455. The number of aromatic hydroxyl groups is 2. The molecule has 0 radical (unpaired) electrons. The Morgan fingerprint density at radius 1 is 0.875 bits per heavy atom. The highest BCUT2D eigenvalue weighted by molar-refractivity contribution is 7.85. The van der Waals surface area contributed by atoms with Gasteiger partial charge >= 0.3 is 0 Å². The fourth-order valence-electron chi connectivity index (χ4n) is 3.37. The van der Waals surface area contributed by atoms with Gasteiger partial charge in [0.1, 0.15) is 11.5 Å². The Morgan fingerprint density at radius 2 is 1.50 bits per heavy atom. The summed E-state index contributed by atoms with van der Waals surface area (Å²) in [5.74, 6) is -0.712. The third kappa shape index (κ3) is 3.96. The minimum Gasteiger partial charge on any atom is -0.507 e. The molecule has 9 nitrogen and oxygen atoms in total. The molecule has 0 unspecified atom stereocenters.